The van der Waals surface area contributed by atoms with E-state index in [1.807, 2.05) is 61.5 Å². The number of rotatable bonds is 14. The van der Waals surface area contributed by atoms with Gasteiger partial charge in [0.1, 0.15) is 12.6 Å². The van der Waals surface area contributed by atoms with Crippen molar-refractivity contribution in [1.29, 1.82) is 0 Å². The maximum absolute atomic E-state index is 14.5. The highest BCUT2D eigenvalue weighted by Gasteiger charge is 2.34. The Morgan fingerprint density at radius 1 is 0.844 bits per heavy atom. The molecule has 236 valence electrons. The molecule has 4 aromatic carbocycles. The van der Waals surface area contributed by atoms with Crippen molar-refractivity contribution in [3.8, 4) is 0 Å². The molecule has 0 radical (unpaired) electrons. The zero-order chi connectivity index (χ0) is 32.4. The third kappa shape index (κ3) is 9.56. The van der Waals surface area contributed by atoms with Crippen molar-refractivity contribution >= 4 is 66.7 Å². The zero-order valence-corrected chi connectivity index (χ0v) is 28.6. The van der Waals surface area contributed by atoms with Gasteiger partial charge in [-0.1, -0.05) is 113 Å². The zero-order valence-electron chi connectivity index (χ0n) is 24.7. The molecule has 0 fully saturated rings. The van der Waals surface area contributed by atoms with Crippen LogP contribution in [-0.4, -0.2) is 44.3 Å². The second-order valence-corrected chi connectivity index (χ2v) is 14.1. The van der Waals surface area contributed by atoms with E-state index in [0.717, 1.165) is 32.7 Å². The van der Waals surface area contributed by atoms with Crippen molar-refractivity contribution in [3.63, 3.8) is 0 Å². The van der Waals surface area contributed by atoms with Crippen LogP contribution < -0.4 is 9.62 Å². The van der Waals surface area contributed by atoms with Crippen molar-refractivity contribution in [1.82, 2.24) is 10.2 Å². The standard InChI is InChI=1S/C34H34BrCl2N3O4S/c1-2-3-17-38-34(42)32(19-25-11-6-4-7-12-25)39(23-26-13-10-14-27(35)18-26)33(41)24-40(30-21-28(36)20-29(37)22-30)45(43,44)31-15-8-5-9-16-31/h4-16,18,20-22,32H,2-3,17,19,23-24H2,1H3,(H,38,42)/t32-/m0/s1. The van der Waals surface area contributed by atoms with Gasteiger partial charge in [-0.15, -0.1) is 0 Å². The fraction of sp³-hybridized carbons (Fsp3) is 0.235. The third-order valence-corrected chi connectivity index (χ3v) is 9.81. The number of benzene rings is 4. The van der Waals surface area contributed by atoms with Gasteiger partial charge in [-0.25, -0.2) is 8.42 Å². The molecule has 4 rings (SSSR count). The average molecular weight is 732 g/mol. The van der Waals surface area contributed by atoms with Gasteiger partial charge in [0.15, 0.2) is 0 Å². The summed E-state index contributed by atoms with van der Waals surface area (Å²) in [4.78, 5) is 29.7. The lowest BCUT2D eigenvalue weighted by atomic mass is 10.0. The van der Waals surface area contributed by atoms with E-state index in [9.17, 15) is 18.0 Å². The Balaban J connectivity index is 1.81. The van der Waals surface area contributed by atoms with E-state index < -0.39 is 28.5 Å². The Morgan fingerprint density at radius 2 is 1.47 bits per heavy atom. The molecule has 1 atom stereocenters. The fourth-order valence-corrected chi connectivity index (χ4v) is 7.20. The van der Waals surface area contributed by atoms with Crippen LogP contribution in [0.1, 0.15) is 30.9 Å². The normalized spacial score (nSPS) is 11.9. The minimum atomic E-state index is -4.26. The second kappa shape index (κ2) is 16.3. The topological polar surface area (TPSA) is 86.8 Å². The number of carbonyl (C=O) groups is 2. The maximum Gasteiger partial charge on any atom is 0.264 e. The summed E-state index contributed by atoms with van der Waals surface area (Å²) < 4.78 is 29.9. The monoisotopic (exact) mass is 729 g/mol. The predicted octanol–water partition coefficient (Wildman–Crippen LogP) is 7.51. The van der Waals surface area contributed by atoms with Gasteiger partial charge in [0.05, 0.1) is 10.6 Å². The number of anilines is 1. The van der Waals surface area contributed by atoms with Crippen LogP contribution in [0.25, 0.3) is 0 Å². The van der Waals surface area contributed by atoms with E-state index in [0.29, 0.717) is 6.54 Å². The highest BCUT2D eigenvalue weighted by Crippen LogP contribution is 2.30. The Morgan fingerprint density at radius 3 is 2.09 bits per heavy atom. The van der Waals surface area contributed by atoms with Crippen LogP contribution in [0, 0.1) is 0 Å². The second-order valence-electron chi connectivity index (χ2n) is 10.5. The highest BCUT2D eigenvalue weighted by molar-refractivity contribution is 9.10. The number of unbranched alkanes of at least 4 members (excludes halogenated alkanes) is 1. The van der Waals surface area contributed by atoms with Crippen LogP contribution in [0.2, 0.25) is 10.0 Å². The van der Waals surface area contributed by atoms with Gasteiger partial charge < -0.3 is 10.2 Å². The lowest BCUT2D eigenvalue weighted by Gasteiger charge is -2.34. The van der Waals surface area contributed by atoms with E-state index >= 15 is 0 Å². The molecule has 0 aliphatic rings. The van der Waals surface area contributed by atoms with Crippen molar-refractivity contribution in [2.75, 3.05) is 17.4 Å². The molecule has 11 heteroatoms. The number of nitrogens with zero attached hydrogens (tertiary/aromatic N) is 2. The molecule has 0 aliphatic heterocycles. The summed E-state index contributed by atoms with van der Waals surface area (Å²) in [6, 6.07) is 28.1. The average Bonchev–Trinajstić information content (AvgIpc) is 3.02. The van der Waals surface area contributed by atoms with E-state index in [1.54, 1.807) is 18.2 Å². The van der Waals surface area contributed by atoms with Crippen LogP contribution in [0.4, 0.5) is 5.69 Å². The first-order chi connectivity index (χ1) is 21.6. The molecule has 0 saturated carbocycles. The lowest BCUT2D eigenvalue weighted by molar-refractivity contribution is -0.140. The minimum Gasteiger partial charge on any atom is -0.354 e. The largest absolute Gasteiger partial charge is 0.354 e. The Labute approximate surface area is 283 Å². The van der Waals surface area contributed by atoms with Crippen molar-refractivity contribution in [3.05, 3.63) is 129 Å². The van der Waals surface area contributed by atoms with Crippen LogP contribution >= 0.6 is 39.1 Å². The number of sulfonamides is 1. The first-order valence-corrected chi connectivity index (χ1v) is 17.5. The Hall–Kier alpha value is -3.37. The van der Waals surface area contributed by atoms with Crippen LogP contribution in [0.3, 0.4) is 0 Å². The van der Waals surface area contributed by atoms with Gasteiger partial charge in [0.25, 0.3) is 10.0 Å². The molecule has 0 saturated heterocycles. The number of amides is 2. The summed E-state index contributed by atoms with van der Waals surface area (Å²) in [6.45, 7) is 1.94. The van der Waals surface area contributed by atoms with Crippen molar-refractivity contribution < 1.29 is 18.0 Å². The molecular weight excluding hydrogens is 697 g/mol. The van der Waals surface area contributed by atoms with Gasteiger partial charge >= 0.3 is 0 Å². The quantitative estimate of drug-likeness (QED) is 0.136. The lowest BCUT2D eigenvalue weighted by Crippen LogP contribution is -2.53. The molecule has 1 N–H and O–H groups in total. The van der Waals surface area contributed by atoms with Gasteiger partial charge in [0, 0.05) is 34.0 Å². The van der Waals surface area contributed by atoms with E-state index in [-0.39, 0.29) is 39.5 Å². The molecule has 0 aromatic heterocycles. The van der Waals surface area contributed by atoms with Crippen LogP contribution in [0.5, 0.6) is 0 Å². The summed E-state index contributed by atoms with van der Waals surface area (Å²) in [5, 5.41) is 3.40. The Bertz CT molecular complexity index is 1690. The number of hydrogen-bond donors (Lipinski definition) is 1. The first-order valence-electron chi connectivity index (χ1n) is 14.5. The van der Waals surface area contributed by atoms with Gasteiger partial charge in [-0.3, -0.25) is 13.9 Å². The SMILES string of the molecule is CCCCNC(=O)[C@H](Cc1ccccc1)N(Cc1cccc(Br)c1)C(=O)CN(c1cc(Cl)cc(Cl)c1)S(=O)(=O)c1ccccc1. The van der Waals surface area contributed by atoms with E-state index in [2.05, 4.69) is 21.2 Å². The maximum atomic E-state index is 14.5. The Kier molecular flexibility index (Phi) is 12.5. The predicted molar refractivity (Wildman–Crippen MR) is 184 cm³/mol. The molecule has 0 spiro atoms. The third-order valence-electron chi connectivity index (χ3n) is 7.09. The summed E-state index contributed by atoms with van der Waals surface area (Å²) in [7, 11) is -4.26. The van der Waals surface area contributed by atoms with E-state index in [1.165, 1.54) is 35.2 Å². The van der Waals surface area contributed by atoms with Gasteiger partial charge in [-0.2, -0.15) is 0 Å². The van der Waals surface area contributed by atoms with Crippen LogP contribution in [0.15, 0.2) is 112 Å². The van der Waals surface area contributed by atoms with Crippen molar-refractivity contribution in [2.45, 2.75) is 43.7 Å². The molecule has 0 unspecified atom stereocenters. The molecule has 2 amide bonds. The fourth-order valence-electron chi connectivity index (χ4n) is 4.82. The molecule has 7 nitrogen and oxygen atoms in total. The van der Waals surface area contributed by atoms with Gasteiger partial charge in [-0.05, 0) is 60.0 Å². The molecule has 0 heterocycles. The smallest absolute Gasteiger partial charge is 0.264 e. The number of hydrogen-bond acceptors (Lipinski definition) is 4. The number of carbonyl (C=O) groups excluding carboxylic acids is 2. The van der Waals surface area contributed by atoms with E-state index in [4.69, 9.17) is 23.2 Å². The molecule has 0 bridgehead atoms. The summed E-state index contributed by atoms with van der Waals surface area (Å²) in [5.41, 5.74) is 1.75. The number of nitrogens with one attached hydrogen (secondary N) is 1. The molecule has 0 aliphatic carbocycles. The minimum absolute atomic E-state index is 0.00872. The van der Waals surface area contributed by atoms with Gasteiger partial charge in [0.2, 0.25) is 11.8 Å². The van der Waals surface area contributed by atoms with Crippen LogP contribution in [-0.2, 0) is 32.6 Å². The summed E-state index contributed by atoms with van der Waals surface area (Å²) in [6.07, 6.45) is 1.90. The molecule has 4 aromatic rings. The van der Waals surface area contributed by atoms with Crippen molar-refractivity contribution in [2.24, 2.45) is 0 Å². The molecular formula is C34H34BrCl2N3O4S. The highest BCUT2D eigenvalue weighted by atomic mass is 79.9. The number of halogens is 3. The first kappa shape index (κ1) is 34.5. The molecule has 45 heavy (non-hydrogen) atoms. The summed E-state index contributed by atoms with van der Waals surface area (Å²) in [5.74, 6) is -0.893. The summed E-state index contributed by atoms with van der Waals surface area (Å²) >= 11 is 16.1.